The van der Waals surface area contributed by atoms with Gasteiger partial charge in [-0.2, -0.15) is 0 Å². The number of ether oxygens (including phenoxy) is 1. The van der Waals surface area contributed by atoms with Gasteiger partial charge in [0.1, 0.15) is 5.76 Å². The quantitative estimate of drug-likeness (QED) is 0.812. The number of carbonyl (C=O) groups is 1. The molecule has 2 unspecified atom stereocenters. The van der Waals surface area contributed by atoms with Crippen LogP contribution in [0.15, 0.2) is 28.9 Å². The van der Waals surface area contributed by atoms with Crippen LogP contribution in [-0.2, 0) is 9.53 Å². The molecule has 17 heavy (non-hydrogen) atoms. The average Bonchev–Trinajstić information content (AvgIpc) is 2.99. The van der Waals surface area contributed by atoms with Crippen LogP contribution in [0, 0.1) is 0 Å². The topological polar surface area (TPSA) is 51.5 Å². The molecule has 2 atom stereocenters. The summed E-state index contributed by atoms with van der Waals surface area (Å²) in [5.41, 5.74) is 0. The maximum atomic E-state index is 11.6. The molecule has 2 heterocycles. The number of carbonyl (C=O) groups excluding carboxylic acids is 1. The van der Waals surface area contributed by atoms with E-state index in [9.17, 15) is 4.79 Å². The summed E-state index contributed by atoms with van der Waals surface area (Å²) >= 11 is 0. The van der Waals surface area contributed by atoms with E-state index in [1.165, 1.54) is 6.08 Å². The Morgan fingerprint density at radius 2 is 2.53 bits per heavy atom. The van der Waals surface area contributed by atoms with E-state index in [1.807, 2.05) is 6.92 Å². The van der Waals surface area contributed by atoms with E-state index < -0.39 is 0 Å². The Balaban J connectivity index is 1.80. The second kappa shape index (κ2) is 5.68. The van der Waals surface area contributed by atoms with Crippen LogP contribution >= 0.6 is 0 Å². The molecule has 1 fully saturated rings. The number of amides is 1. The van der Waals surface area contributed by atoms with Crippen molar-refractivity contribution in [2.24, 2.45) is 0 Å². The fourth-order valence-electron chi connectivity index (χ4n) is 1.91. The van der Waals surface area contributed by atoms with Crippen LogP contribution in [0.3, 0.4) is 0 Å². The van der Waals surface area contributed by atoms with E-state index in [-0.39, 0.29) is 18.1 Å². The lowest BCUT2D eigenvalue weighted by Crippen LogP contribution is -2.39. The SMILES string of the molecule is CC(NC(=O)/C=C/c1ccco1)C1CCCO1. The van der Waals surface area contributed by atoms with Gasteiger partial charge in [0.05, 0.1) is 18.4 Å². The van der Waals surface area contributed by atoms with Crippen molar-refractivity contribution in [3.05, 3.63) is 30.2 Å². The first-order chi connectivity index (χ1) is 8.25. The zero-order valence-corrected chi connectivity index (χ0v) is 9.89. The molecule has 4 heteroatoms. The van der Waals surface area contributed by atoms with Crippen LogP contribution in [0.5, 0.6) is 0 Å². The first-order valence-electron chi connectivity index (χ1n) is 5.89. The fourth-order valence-corrected chi connectivity index (χ4v) is 1.91. The van der Waals surface area contributed by atoms with Crippen LogP contribution in [-0.4, -0.2) is 24.7 Å². The molecule has 92 valence electrons. The number of hydrogen-bond donors (Lipinski definition) is 1. The normalized spacial score (nSPS) is 21.8. The molecule has 1 aliphatic heterocycles. The van der Waals surface area contributed by atoms with Gasteiger partial charge in [-0.05, 0) is 38.0 Å². The van der Waals surface area contributed by atoms with E-state index in [2.05, 4.69) is 5.32 Å². The summed E-state index contributed by atoms with van der Waals surface area (Å²) in [6.07, 6.45) is 6.95. The van der Waals surface area contributed by atoms with Gasteiger partial charge in [-0.25, -0.2) is 0 Å². The molecule has 0 radical (unpaired) electrons. The van der Waals surface area contributed by atoms with Crippen molar-refractivity contribution in [2.75, 3.05) is 6.61 Å². The highest BCUT2D eigenvalue weighted by Gasteiger charge is 2.22. The standard InChI is InChI=1S/C13H17NO3/c1-10(12-5-3-9-17-12)14-13(15)7-6-11-4-2-8-16-11/h2,4,6-8,10,12H,3,5,9H2,1H3,(H,14,15)/b7-6+. The molecule has 0 aliphatic carbocycles. The highest BCUT2D eigenvalue weighted by molar-refractivity contribution is 5.91. The van der Waals surface area contributed by atoms with Crippen LogP contribution in [0.25, 0.3) is 6.08 Å². The third kappa shape index (κ3) is 3.46. The van der Waals surface area contributed by atoms with Crippen LogP contribution in [0.2, 0.25) is 0 Å². The minimum atomic E-state index is -0.121. The van der Waals surface area contributed by atoms with Gasteiger partial charge in [0.25, 0.3) is 0 Å². The van der Waals surface area contributed by atoms with Crippen molar-refractivity contribution in [1.82, 2.24) is 5.32 Å². The maximum Gasteiger partial charge on any atom is 0.244 e. The molecule has 0 saturated carbocycles. The third-order valence-corrected chi connectivity index (χ3v) is 2.83. The largest absolute Gasteiger partial charge is 0.465 e. The van der Waals surface area contributed by atoms with Crippen LogP contribution < -0.4 is 5.32 Å². The summed E-state index contributed by atoms with van der Waals surface area (Å²) in [5, 5.41) is 2.89. The smallest absolute Gasteiger partial charge is 0.244 e. The van der Waals surface area contributed by atoms with Gasteiger partial charge in [-0.1, -0.05) is 0 Å². The molecule has 1 aromatic rings. The molecule has 1 amide bonds. The van der Waals surface area contributed by atoms with Gasteiger partial charge in [-0.15, -0.1) is 0 Å². The summed E-state index contributed by atoms with van der Waals surface area (Å²) in [4.78, 5) is 11.6. The average molecular weight is 235 g/mol. The summed E-state index contributed by atoms with van der Waals surface area (Å²) < 4.78 is 10.6. The van der Waals surface area contributed by atoms with E-state index >= 15 is 0 Å². The summed E-state index contributed by atoms with van der Waals surface area (Å²) in [6.45, 7) is 2.77. The zero-order chi connectivity index (χ0) is 12.1. The lowest BCUT2D eigenvalue weighted by atomic mass is 10.1. The van der Waals surface area contributed by atoms with E-state index in [0.717, 1.165) is 19.4 Å². The van der Waals surface area contributed by atoms with E-state index in [0.29, 0.717) is 5.76 Å². The first-order valence-corrected chi connectivity index (χ1v) is 5.89. The lowest BCUT2D eigenvalue weighted by Gasteiger charge is -2.18. The molecule has 1 aliphatic rings. The Morgan fingerprint density at radius 3 is 3.18 bits per heavy atom. The Bertz CT molecular complexity index is 377. The van der Waals surface area contributed by atoms with Crippen molar-refractivity contribution in [2.45, 2.75) is 31.9 Å². The van der Waals surface area contributed by atoms with Gasteiger partial charge in [0, 0.05) is 12.7 Å². The molecule has 1 N–H and O–H groups in total. The van der Waals surface area contributed by atoms with Crippen molar-refractivity contribution >= 4 is 12.0 Å². The number of nitrogens with one attached hydrogen (secondary N) is 1. The predicted molar refractivity (Wildman–Crippen MR) is 64.3 cm³/mol. The molecular weight excluding hydrogens is 218 g/mol. The van der Waals surface area contributed by atoms with Crippen molar-refractivity contribution in [1.29, 1.82) is 0 Å². The molecule has 0 aromatic carbocycles. The number of hydrogen-bond acceptors (Lipinski definition) is 3. The molecule has 0 spiro atoms. The first kappa shape index (κ1) is 11.9. The monoisotopic (exact) mass is 235 g/mol. The molecule has 0 bridgehead atoms. The second-order valence-electron chi connectivity index (χ2n) is 4.20. The van der Waals surface area contributed by atoms with E-state index in [1.54, 1.807) is 24.5 Å². The minimum absolute atomic E-state index is 0.0475. The van der Waals surface area contributed by atoms with Crippen LogP contribution in [0.4, 0.5) is 0 Å². The maximum absolute atomic E-state index is 11.6. The van der Waals surface area contributed by atoms with Gasteiger partial charge in [0.15, 0.2) is 0 Å². The molecule has 2 rings (SSSR count). The Labute approximate surface area is 101 Å². The minimum Gasteiger partial charge on any atom is -0.465 e. The predicted octanol–water partition coefficient (Wildman–Crippen LogP) is 1.98. The third-order valence-electron chi connectivity index (χ3n) is 2.83. The zero-order valence-electron chi connectivity index (χ0n) is 9.89. The molecular formula is C13H17NO3. The second-order valence-corrected chi connectivity index (χ2v) is 4.20. The number of furan rings is 1. The number of rotatable bonds is 4. The molecule has 1 saturated heterocycles. The summed E-state index contributed by atoms with van der Waals surface area (Å²) in [6, 6.07) is 3.63. The van der Waals surface area contributed by atoms with Gasteiger partial charge >= 0.3 is 0 Å². The Hall–Kier alpha value is -1.55. The highest BCUT2D eigenvalue weighted by Crippen LogP contribution is 2.15. The van der Waals surface area contributed by atoms with Crippen LogP contribution in [0.1, 0.15) is 25.5 Å². The molecule has 4 nitrogen and oxygen atoms in total. The van der Waals surface area contributed by atoms with Crippen molar-refractivity contribution in [3.8, 4) is 0 Å². The van der Waals surface area contributed by atoms with Crippen molar-refractivity contribution in [3.63, 3.8) is 0 Å². The Kier molecular flexibility index (Phi) is 3.98. The van der Waals surface area contributed by atoms with Crippen molar-refractivity contribution < 1.29 is 13.9 Å². The lowest BCUT2D eigenvalue weighted by molar-refractivity contribution is -0.117. The van der Waals surface area contributed by atoms with Gasteiger partial charge in [-0.3, -0.25) is 4.79 Å². The summed E-state index contributed by atoms with van der Waals surface area (Å²) in [5.74, 6) is 0.550. The van der Waals surface area contributed by atoms with Gasteiger partial charge in [0.2, 0.25) is 5.91 Å². The fraction of sp³-hybridized carbons (Fsp3) is 0.462. The summed E-state index contributed by atoms with van der Waals surface area (Å²) in [7, 11) is 0. The Morgan fingerprint density at radius 1 is 1.65 bits per heavy atom. The van der Waals surface area contributed by atoms with E-state index in [4.69, 9.17) is 9.15 Å². The highest BCUT2D eigenvalue weighted by atomic mass is 16.5. The van der Waals surface area contributed by atoms with Gasteiger partial charge < -0.3 is 14.5 Å². The molecule has 1 aromatic heterocycles.